The summed E-state index contributed by atoms with van der Waals surface area (Å²) in [5, 5.41) is 10.9. The van der Waals surface area contributed by atoms with Crippen LogP contribution in [-0.2, 0) is 10.0 Å². The van der Waals surface area contributed by atoms with Gasteiger partial charge in [0.25, 0.3) is 22.1 Å². The zero-order valence-electron chi connectivity index (χ0n) is 13.0. The number of non-ortho nitro benzene ring substituents is 1. The minimum Gasteiger partial charge on any atom is -0.485 e. The number of nitrogens with one attached hydrogen (secondary N) is 1. The van der Waals surface area contributed by atoms with Gasteiger partial charge in [-0.1, -0.05) is 17.7 Å². The molecule has 0 amide bonds. The molecule has 0 saturated carbocycles. The number of nitro groups is 1. The lowest BCUT2D eigenvalue weighted by Crippen LogP contribution is -2.15. The molecule has 2 rings (SSSR count). The van der Waals surface area contributed by atoms with Crippen LogP contribution >= 0.6 is 0 Å². The molecule has 10 heteroatoms. The lowest BCUT2D eigenvalue weighted by molar-refractivity contribution is -0.384. The number of nitrogens with zero attached hydrogens (tertiary/aromatic N) is 1. The number of hydrogen-bond donors (Lipinski definition) is 1. The number of sulfonamides is 1. The summed E-state index contributed by atoms with van der Waals surface area (Å²) in [4.78, 5) is 10.1. The maximum absolute atomic E-state index is 12.4. The molecule has 0 aliphatic carbocycles. The van der Waals surface area contributed by atoms with Crippen LogP contribution in [0, 0.1) is 17.0 Å². The van der Waals surface area contributed by atoms with Gasteiger partial charge >= 0.3 is 0 Å². The lowest BCUT2D eigenvalue weighted by Gasteiger charge is -2.13. The molecule has 0 heterocycles. The average molecular weight is 372 g/mol. The van der Waals surface area contributed by atoms with Gasteiger partial charge in [0.2, 0.25) is 0 Å². The molecular weight excluding hydrogens is 358 g/mol. The summed E-state index contributed by atoms with van der Waals surface area (Å²) in [5.74, 6) is -0.235. The van der Waals surface area contributed by atoms with Crippen LogP contribution in [-0.4, -0.2) is 26.4 Å². The van der Waals surface area contributed by atoms with Crippen molar-refractivity contribution in [2.75, 3.05) is 11.3 Å². The molecule has 0 radical (unpaired) electrons. The van der Waals surface area contributed by atoms with Crippen LogP contribution in [0.3, 0.4) is 0 Å². The molecule has 25 heavy (non-hydrogen) atoms. The first-order valence-electron chi connectivity index (χ1n) is 6.98. The summed E-state index contributed by atoms with van der Waals surface area (Å²) in [6.07, 6.45) is -2.78. The van der Waals surface area contributed by atoms with E-state index >= 15 is 0 Å². The van der Waals surface area contributed by atoms with Crippen LogP contribution in [0.4, 0.5) is 20.2 Å². The highest BCUT2D eigenvalue weighted by Crippen LogP contribution is 2.31. The van der Waals surface area contributed by atoms with Crippen molar-refractivity contribution in [1.82, 2.24) is 0 Å². The van der Waals surface area contributed by atoms with Crippen molar-refractivity contribution in [2.24, 2.45) is 0 Å². The molecule has 0 aliphatic rings. The number of benzene rings is 2. The molecular formula is C15H14F2N2O5S. The van der Waals surface area contributed by atoms with E-state index in [1.165, 1.54) is 12.1 Å². The van der Waals surface area contributed by atoms with Gasteiger partial charge in [0.15, 0.2) is 0 Å². The zero-order valence-corrected chi connectivity index (χ0v) is 13.8. The van der Waals surface area contributed by atoms with E-state index in [0.29, 0.717) is 0 Å². The van der Waals surface area contributed by atoms with Crippen molar-refractivity contribution in [3.8, 4) is 5.75 Å². The van der Waals surface area contributed by atoms with Crippen molar-refractivity contribution in [1.29, 1.82) is 0 Å². The SMILES string of the molecule is Cc1ccc(S(=O)(=O)Nc2cc([N+](=O)[O-])ccc2OCC(F)F)cc1. The fourth-order valence-corrected chi connectivity index (χ4v) is 2.97. The summed E-state index contributed by atoms with van der Waals surface area (Å²) >= 11 is 0. The van der Waals surface area contributed by atoms with Crippen molar-refractivity contribution < 1.29 is 26.9 Å². The summed E-state index contributed by atoms with van der Waals surface area (Å²) in [6.45, 7) is 0.803. The van der Waals surface area contributed by atoms with E-state index in [1.54, 1.807) is 19.1 Å². The van der Waals surface area contributed by atoms with Crippen LogP contribution < -0.4 is 9.46 Å². The number of rotatable bonds is 7. The molecule has 7 nitrogen and oxygen atoms in total. The van der Waals surface area contributed by atoms with Crippen LogP contribution in [0.5, 0.6) is 5.75 Å². The first kappa shape index (κ1) is 18.6. The van der Waals surface area contributed by atoms with Gasteiger partial charge in [-0.05, 0) is 25.1 Å². The number of halogens is 2. The Hall–Kier alpha value is -2.75. The average Bonchev–Trinajstić information content (AvgIpc) is 2.53. The number of anilines is 1. The van der Waals surface area contributed by atoms with Gasteiger partial charge in [0, 0.05) is 12.1 Å². The maximum atomic E-state index is 12.4. The van der Waals surface area contributed by atoms with Crippen LogP contribution in [0.2, 0.25) is 0 Å². The smallest absolute Gasteiger partial charge is 0.272 e. The van der Waals surface area contributed by atoms with E-state index in [0.717, 1.165) is 23.8 Å². The van der Waals surface area contributed by atoms with Gasteiger partial charge in [0.1, 0.15) is 12.4 Å². The number of alkyl halides is 2. The van der Waals surface area contributed by atoms with E-state index in [4.69, 9.17) is 4.74 Å². The Kier molecular flexibility index (Phi) is 5.52. The van der Waals surface area contributed by atoms with E-state index in [-0.39, 0.29) is 16.3 Å². The molecule has 0 fully saturated rings. The molecule has 0 bridgehead atoms. The van der Waals surface area contributed by atoms with Gasteiger partial charge in [-0.3, -0.25) is 14.8 Å². The second-order valence-corrected chi connectivity index (χ2v) is 6.74. The van der Waals surface area contributed by atoms with E-state index in [1.807, 2.05) is 0 Å². The Bertz CT molecular complexity index is 870. The number of hydrogen-bond acceptors (Lipinski definition) is 5. The number of ether oxygens (including phenoxy) is 1. The number of nitro benzene ring substituents is 1. The minimum atomic E-state index is -4.07. The van der Waals surface area contributed by atoms with Crippen LogP contribution in [0.1, 0.15) is 5.56 Å². The second-order valence-electron chi connectivity index (χ2n) is 5.06. The third kappa shape index (κ3) is 4.86. The van der Waals surface area contributed by atoms with Gasteiger partial charge < -0.3 is 4.74 Å². The first-order chi connectivity index (χ1) is 11.7. The summed E-state index contributed by atoms with van der Waals surface area (Å²) in [7, 11) is -4.07. The molecule has 2 aromatic carbocycles. The lowest BCUT2D eigenvalue weighted by atomic mass is 10.2. The van der Waals surface area contributed by atoms with Crippen molar-refractivity contribution in [3.63, 3.8) is 0 Å². The van der Waals surface area contributed by atoms with Crippen molar-refractivity contribution in [2.45, 2.75) is 18.2 Å². The van der Waals surface area contributed by atoms with Gasteiger partial charge in [-0.2, -0.15) is 0 Å². The maximum Gasteiger partial charge on any atom is 0.272 e. The predicted octanol–water partition coefficient (Wildman–Crippen LogP) is 3.35. The highest BCUT2D eigenvalue weighted by atomic mass is 32.2. The topological polar surface area (TPSA) is 98.5 Å². The Labute approximate surface area is 142 Å². The zero-order chi connectivity index (χ0) is 18.6. The normalized spacial score (nSPS) is 11.4. The monoisotopic (exact) mass is 372 g/mol. The molecule has 0 atom stereocenters. The van der Waals surface area contributed by atoms with Crippen molar-refractivity contribution >= 4 is 21.4 Å². The van der Waals surface area contributed by atoms with Crippen LogP contribution in [0.25, 0.3) is 0 Å². The Morgan fingerprint density at radius 3 is 2.40 bits per heavy atom. The molecule has 134 valence electrons. The third-order valence-corrected chi connectivity index (χ3v) is 4.50. The highest BCUT2D eigenvalue weighted by molar-refractivity contribution is 7.92. The van der Waals surface area contributed by atoms with E-state index in [9.17, 15) is 27.3 Å². The minimum absolute atomic E-state index is 0.0792. The molecule has 0 unspecified atom stereocenters. The van der Waals surface area contributed by atoms with E-state index < -0.39 is 33.7 Å². The molecule has 0 spiro atoms. The predicted molar refractivity (Wildman–Crippen MR) is 86.6 cm³/mol. The molecule has 0 aliphatic heterocycles. The third-order valence-electron chi connectivity index (χ3n) is 3.11. The largest absolute Gasteiger partial charge is 0.485 e. The van der Waals surface area contributed by atoms with E-state index in [2.05, 4.69) is 4.72 Å². The fourth-order valence-electron chi connectivity index (χ4n) is 1.91. The highest BCUT2D eigenvalue weighted by Gasteiger charge is 2.20. The Morgan fingerprint density at radius 2 is 1.84 bits per heavy atom. The summed E-state index contributed by atoms with van der Waals surface area (Å²) in [5.41, 5.74) is 0.136. The quantitative estimate of drug-likeness (QED) is 0.594. The summed E-state index contributed by atoms with van der Waals surface area (Å²) < 4.78 is 56.4. The molecule has 2 aromatic rings. The van der Waals surface area contributed by atoms with Crippen molar-refractivity contribution in [3.05, 3.63) is 58.1 Å². The second kappa shape index (κ2) is 7.43. The Morgan fingerprint density at radius 1 is 1.20 bits per heavy atom. The van der Waals surface area contributed by atoms with Crippen LogP contribution in [0.15, 0.2) is 47.4 Å². The summed E-state index contributed by atoms with van der Waals surface area (Å²) in [6, 6.07) is 8.88. The molecule has 1 N–H and O–H groups in total. The Balaban J connectivity index is 2.39. The first-order valence-corrected chi connectivity index (χ1v) is 8.46. The van der Waals surface area contributed by atoms with Gasteiger partial charge in [0.05, 0.1) is 15.5 Å². The van der Waals surface area contributed by atoms with Gasteiger partial charge in [-0.15, -0.1) is 0 Å². The molecule has 0 saturated heterocycles. The fraction of sp³-hybridized carbons (Fsp3) is 0.200. The standard InChI is InChI=1S/C15H14F2N2O5S/c1-10-2-5-12(6-3-10)25(22,23)18-13-8-11(19(20)21)4-7-14(13)24-9-15(16)17/h2-8,15,18H,9H2,1H3. The van der Waals surface area contributed by atoms with Gasteiger partial charge in [-0.25, -0.2) is 17.2 Å². The number of aryl methyl sites for hydroxylation is 1. The molecule has 0 aromatic heterocycles.